The van der Waals surface area contributed by atoms with Gasteiger partial charge in [0, 0.05) is 24.6 Å². The number of hydrogen-bond donors (Lipinski definition) is 1. The summed E-state index contributed by atoms with van der Waals surface area (Å²) in [4.78, 5) is 10.0. The summed E-state index contributed by atoms with van der Waals surface area (Å²) in [5, 5.41) is 13.8. The monoisotopic (exact) mass is 280 g/mol. The zero-order chi connectivity index (χ0) is 14.1. The molecule has 1 aromatic carbocycles. The van der Waals surface area contributed by atoms with E-state index >= 15 is 0 Å². The fourth-order valence-electron chi connectivity index (χ4n) is 3.29. The Labute approximate surface area is 116 Å². The van der Waals surface area contributed by atoms with Crippen LogP contribution in [0.5, 0.6) is 0 Å². The van der Waals surface area contributed by atoms with E-state index in [1.165, 1.54) is 12.1 Å². The van der Waals surface area contributed by atoms with Crippen molar-refractivity contribution in [2.45, 2.75) is 37.8 Å². The average molecular weight is 280 g/mol. The quantitative estimate of drug-likeness (QED) is 0.682. The lowest BCUT2D eigenvalue weighted by molar-refractivity contribution is -0.385. The van der Waals surface area contributed by atoms with Gasteiger partial charge in [0.25, 0.3) is 5.69 Å². The van der Waals surface area contributed by atoms with E-state index < -0.39 is 10.7 Å². The minimum Gasteiger partial charge on any atom is -0.380 e. The predicted molar refractivity (Wildman–Crippen MR) is 72.2 cm³/mol. The van der Waals surface area contributed by atoms with E-state index in [0.717, 1.165) is 38.4 Å². The zero-order valence-corrected chi connectivity index (χ0v) is 11.0. The fourth-order valence-corrected chi connectivity index (χ4v) is 3.29. The van der Waals surface area contributed by atoms with E-state index in [1.807, 2.05) is 0 Å². The number of halogens is 1. The molecule has 0 radical (unpaired) electrons. The summed E-state index contributed by atoms with van der Waals surface area (Å²) in [5.41, 5.74) is 0.118. The van der Waals surface area contributed by atoms with Crippen molar-refractivity contribution in [1.29, 1.82) is 0 Å². The number of nitro benzene ring substituents is 1. The van der Waals surface area contributed by atoms with Crippen LogP contribution >= 0.6 is 0 Å². The van der Waals surface area contributed by atoms with Gasteiger partial charge in [0.05, 0.1) is 22.8 Å². The first kappa shape index (κ1) is 13.3. The lowest BCUT2D eigenvalue weighted by Gasteiger charge is -2.33. The Morgan fingerprint density at radius 1 is 1.35 bits per heavy atom. The van der Waals surface area contributed by atoms with Crippen LogP contribution in [-0.4, -0.2) is 23.7 Å². The lowest BCUT2D eigenvalue weighted by Crippen LogP contribution is -2.38. The van der Waals surface area contributed by atoms with E-state index in [0.29, 0.717) is 11.6 Å². The van der Waals surface area contributed by atoms with E-state index in [1.54, 1.807) is 0 Å². The molecule has 2 fully saturated rings. The average Bonchev–Trinajstić information content (AvgIpc) is 2.90. The zero-order valence-electron chi connectivity index (χ0n) is 11.0. The minimum atomic E-state index is -0.589. The molecular formula is C14H17FN2O3. The Hall–Kier alpha value is -1.69. The van der Waals surface area contributed by atoms with Crippen LogP contribution in [0.2, 0.25) is 0 Å². The molecule has 2 aliphatic rings. The van der Waals surface area contributed by atoms with Crippen molar-refractivity contribution in [3.63, 3.8) is 0 Å². The number of nitrogens with zero attached hydrogens (tertiary/aromatic N) is 1. The van der Waals surface area contributed by atoms with Crippen molar-refractivity contribution >= 4 is 11.4 Å². The molecule has 6 heteroatoms. The van der Waals surface area contributed by atoms with Gasteiger partial charge < -0.3 is 10.1 Å². The number of non-ortho nitro benzene ring substituents is 1. The van der Waals surface area contributed by atoms with Crippen molar-refractivity contribution in [3.8, 4) is 0 Å². The summed E-state index contributed by atoms with van der Waals surface area (Å²) in [6.07, 6.45) is 4.40. The maximum atomic E-state index is 13.9. The van der Waals surface area contributed by atoms with Crippen molar-refractivity contribution in [3.05, 3.63) is 34.1 Å². The van der Waals surface area contributed by atoms with Crippen molar-refractivity contribution in [2.75, 3.05) is 11.9 Å². The van der Waals surface area contributed by atoms with E-state index in [2.05, 4.69) is 5.32 Å². The Balaban J connectivity index is 1.75. The number of rotatable bonds is 3. The predicted octanol–water partition coefficient (Wildman–Crippen LogP) is 3.10. The molecule has 108 valence electrons. The van der Waals surface area contributed by atoms with Gasteiger partial charge in [0.2, 0.25) is 0 Å². The first-order valence-electron chi connectivity index (χ1n) is 6.97. The molecule has 1 aliphatic heterocycles. The Bertz CT molecular complexity index is 523. The molecule has 1 saturated heterocycles. The Kier molecular flexibility index (Phi) is 3.56. The molecule has 1 N–H and O–H groups in total. The van der Waals surface area contributed by atoms with Crippen LogP contribution < -0.4 is 5.32 Å². The normalized spacial score (nSPS) is 28.9. The third-order valence-electron chi connectivity index (χ3n) is 4.29. The number of ether oxygens (including phenoxy) is 1. The van der Waals surface area contributed by atoms with Gasteiger partial charge in [0.15, 0.2) is 5.82 Å². The fraction of sp³-hybridized carbons (Fsp3) is 0.571. The van der Waals surface area contributed by atoms with Crippen LogP contribution in [0.4, 0.5) is 15.8 Å². The van der Waals surface area contributed by atoms with Crippen molar-refractivity contribution in [1.82, 2.24) is 0 Å². The maximum Gasteiger partial charge on any atom is 0.272 e. The molecule has 0 spiro atoms. The van der Waals surface area contributed by atoms with E-state index in [4.69, 9.17) is 4.74 Å². The summed E-state index contributed by atoms with van der Waals surface area (Å²) in [5.74, 6) is -0.154. The molecule has 0 bridgehead atoms. The molecule has 20 heavy (non-hydrogen) atoms. The molecule has 1 heterocycles. The largest absolute Gasteiger partial charge is 0.380 e. The highest BCUT2D eigenvalue weighted by molar-refractivity contribution is 5.51. The third-order valence-corrected chi connectivity index (χ3v) is 4.29. The van der Waals surface area contributed by atoms with Crippen LogP contribution in [0.3, 0.4) is 0 Å². The first-order valence-corrected chi connectivity index (χ1v) is 6.97. The second-order valence-electron chi connectivity index (χ2n) is 5.46. The van der Waals surface area contributed by atoms with Gasteiger partial charge in [-0.05, 0) is 31.7 Å². The second kappa shape index (κ2) is 5.36. The molecule has 3 rings (SSSR count). The van der Waals surface area contributed by atoms with Crippen LogP contribution in [0.1, 0.15) is 25.7 Å². The molecule has 1 aromatic rings. The summed E-state index contributed by atoms with van der Waals surface area (Å²) in [6.45, 7) is 0.774. The van der Waals surface area contributed by atoms with Gasteiger partial charge in [-0.25, -0.2) is 4.39 Å². The standard InChI is InChI=1S/C14H17FN2O3/c15-11-8-9(17(18)19)4-5-13(11)16-12-2-1-3-14-10(12)6-7-20-14/h4-5,8,10,12,14,16H,1-3,6-7H2. The second-order valence-corrected chi connectivity index (χ2v) is 5.46. The van der Waals surface area contributed by atoms with Gasteiger partial charge in [-0.15, -0.1) is 0 Å². The molecule has 5 nitrogen and oxygen atoms in total. The minimum absolute atomic E-state index is 0.187. The Morgan fingerprint density at radius 2 is 2.20 bits per heavy atom. The molecule has 3 atom stereocenters. The van der Waals surface area contributed by atoms with Gasteiger partial charge in [-0.1, -0.05) is 0 Å². The van der Waals surface area contributed by atoms with E-state index in [-0.39, 0.29) is 17.8 Å². The van der Waals surface area contributed by atoms with E-state index in [9.17, 15) is 14.5 Å². The molecular weight excluding hydrogens is 263 g/mol. The highest BCUT2D eigenvalue weighted by Crippen LogP contribution is 2.36. The topological polar surface area (TPSA) is 64.4 Å². The maximum absolute atomic E-state index is 13.9. The number of nitrogens with one attached hydrogen (secondary N) is 1. The van der Waals surface area contributed by atoms with Crippen LogP contribution in [0, 0.1) is 21.8 Å². The number of hydrogen-bond acceptors (Lipinski definition) is 4. The van der Waals surface area contributed by atoms with Crippen LogP contribution in [-0.2, 0) is 4.74 Å². The number of nitro groups is 1. The summed E-state index contributed by atoms with van der Waals surface area (Å²) in [6, 6.07) is 3.93. The number of fused-ring (bicyclic) bond motifs is 1. The third kappa shape index (κ3) is 2.47. The highest BCUT2D eigenvalue weighted by atomic mass is 19.1. The summed E-state index contributed by atoms with van der Waals surface area (Å²) < 4.78 is 19.6. The van der Waals surface area contributed by atoms with Crippen molar-refractivity contribution < 1.29 is 14.1 Å². The molecule has 0 aromatic heterocycles. The lowest BCUT2D eigenvalue weighted by atomic mass is 9.81. The molecule has 0 amide bonds. The van der Waals surface area contributed by atoms with Gasteiger partial charge in [-0.3, -0.25) is 10.1 Å². The first-order chi connectivity index (χ1) is 9.65. The number of benzene rings is 1. The van der Waals surface area contributed by atoms with Crippen LogP contribution in [0.15, 0.2) is 18.2 Å². The van der Waals surface area contributed by atoms with Gasteiger partial charge >= 0.3 is 0 Å². The SMILES string of the molecule is O=[N+]([O-])c1ccc(NC2CCCC3OCCC23)c(F)c1. The molecule has 1 aliphatic carbocycles. The highest BCUT2D eigenvalue weighted by Gasteiger charge is 2.37. The Morgan fingerprint density at radius 3 is 2.95 bits per heavy atom. The van der Waals surface area contributed by atoms with Gasteiger partial charge in [-0.2, -0.15) is 0 Å². The van der Waals surface area contributed by atoms with Crippen LogP contribution in [0.25, 0.3) is 0 Å². The summed E-state index contributed by atoms with van der Waals surface area (Å²) >= 11 is 0. The smallest absolute Gasteiger partial charge is 0.272 e. The summed E-state index contributed by atoms with van der Waals surface area (Å²) in [7, 11) is 0. The van der Waals surface area contributed by atoms with Crippen molar-refractivity contribution in [2.24, 2.45) is 5.92 Å². The molecule has 3 unspecified atom stereocenters. The number of anilines is 1. The van der Waals surface area contributed by atoms with Gasteiger partial charge in [0.1, 0.15) is 0 Å². The molecule has 1 saturated carbocycles.